The maximum atomic E-state index is 13.0. The van der Waals surface area contributed by atoms with Crippen LogP contribution in [-0.4, -0.2) is 70.4 Å². The Balaban J connectivity index is 1.48. The number of nitrogens with zero attached hydrogens (tertiary/aromatic N) is 5. The summed E-state index contributed by atoms with van der Waals surface area (Å²) in [6.45, 7) is 2.20. The molecule has 2 aliphatic heterocycles. The van der Waals surface area contributed by atoms with Gasteiger partial charge in [0.1, 0.15) is 11.3 Å². The summed E-state index contributed by atoms with van der Waals surface area (Å²) in [5.41, 5.74) is 2.10. The fourth-order valence-electron chi connectivity index (χ4n) is 4.02. The van der Waals surface area contributed by atoms with Crippen LogP contribution in [0.3, 0.4) is 0 Å². The topological polar surface area (TPSA) is 82.8 Å². The predicted octanol–water partition coefficient (Wildman–Crippen LogP) is 1.49. The van der Waals surface area contributed by atoms with Crippen LogP contribution in [0.25, 0.3) is 0 Å². The van der Waals surface area contributed by atoms with Crippen molar-refractivity contribution in [1.29, 1.82) is 0 Å². The van der Waals surface area contributed by atoms with Gasteiger partial charge in [-0.3, -0.25) is 19.5 Å². The molecule has 1 fully saturated rings. The summed E-state index contributed by atoms with van der Waals surface area (Å²) < 4.78 is 5.45. The Labute approximate surface area is 164 Å². The van der Waals surface area contributed by atoms with E-state index in [1.54, 1.807) is 18.1 Å². The Bertz CT molecular complexity index is 866. The molecule has 2 aliphatic rings. The van der Waals surface area contributed by atoms with E-state index in [0.717, 1.165) is 18.5 Å². The standard InChI is InChI=1S/C20H25N5O3/c1-23(12-14-6-3-4-9-21-14)13-17(26)25-10-5-7-15(25)19-18-16(28-22-19)8-11-24(2)20(18)27/h3-4,6,9,15H,5,7-8,10-13H2,1-2H3. The zero-order chi connectivity index (χ0) is 19.7. The smallest absolute Gasteiger partial charge is 0.259 e. The molecular weight excluding hydrogens is 358 g/mol. The average Bonchev–Trinajstić information content (AvgIpc) is 3.32. The van der Waals surface area contributed by atoms with Gasteiger partial charge in [-0.15, -0.1) is 0 Å². The first-order valence-corrected chi connectivity index (χ1v) is 9.66. The van der Waals surface area contributed by atoms with Gasteiger partial charge in [0.15, 0.2) is 5.76 Å². The Morgan fingerprint density at radius 2 is 2.21 bits per heavy atom. The second kappa shape index (κ2) is 7.71. The van der Waals surface area contributed by atoms with Gasteiger partial charge >= 0.3 is 0 Å². The van der Waals surface area contributed by atoms with Crippen LogP contribution in [-0.2, 0) is 17.8 Å². The van der Waals surface area contributed by atoms with Gasteiger partial charge in [0.2, 0.25) is 5.91 Å². The molecule has 0 N–H and O–H groups in total. The van der Waals surface area contributed by atoms with Crippen LogP contribution >= 0.6 is 0 Å². The molecule has 2 aromatic rings. The Kier molecular flexibility index (Phi) is 5.13. The summed E-state index contributed by atoms with van der Waals surface area (Å²) in [5, 5.41) is 4.20. The van der Waals surface area contributed by atoms with Crippen LogP contribution in [0, 0.1) is 0 Å². The second-order valence-electron chi connectivity index (χ2n) is 7.58. The molecule has 8 nitrogen and oxygen atoms in total. The van der Waals surface area contributed by atoms with Gasteiger partial charge in [-0.2, -0.15) is 0 Å². The lowest BCUT2D eigenvalue weighted by atomic mass is 10.00. The fraction of sp³-hybridized carbons (Fsp3) is 0.500. The summed E-state index contributed by atoms with van der Waals surface area (Å²) in [7, 11) is 3.69. The van der Waals surface area contributed by atoms with Crippen molar-refractivity contribution in [3.8, 4) is 0 Å². The quantitative estimate of drug-likeness (QED) is 0.778. The lowest BCUT2D eigenvalue weighted by molar-refractivity contribution is -0.133. The van der Waals surface area contributed by atoms with Crippen LogP contribution in [0.4, 0.5) is 0 Å². The second-order valence-corrected chi connectivity index (χ2v) is 7.58. The van der Waals surface area contributed by atoms with E-state index in [1.165, 1.54) is 0 Å². The molecule has 0 saturated carbocycles. The SMILES string of the molecule is CN(CC(=O)N1CCCC1c1noc2c1C(=O)N(C)CC2)Cc1ccccn1. The molecule has 0 aromatic carbocycles. The molecule has 2 aromatic heterocycles. The van der Waals surface area contributed by atoms with Crippen molar-refractivity contribution < 1.29 is 14.1 Å². The fourth-order valence-corrected chi connectivity index (χ4v) is 4.02. The van der Waals surface area contributed by atoms with Gasteiger partial charge in [-0.1, -0.05) is 11.2 Å². The van der Waals surface area contributed by atoms with Gasteiger partial charge < -0.3 is 14.3 Å². The summed E-state index contributed by atoms with van der Waals surface area (Å²) in [6.07, 6.45) is 4.11. The van der Waals surface area contributed by atoms with E-state index >= 15 is 0 Å². The van der Waals surface area contributed by atoms with Crippen LogP contribution in [0.5, 0.6) is 0 Å². The first-order valence-electron chi connectivity index (χ1n) is 9.66. The highest BCUT2D eigenvalue weighted by atomic mass is 16.5. The third kappa shape index (κ3) is 3.52. The highest BCUT2D eigenvalue weighted by molar-refractivity contribution is 5.97. The molecule has 4 rings (SSSR count). The first kappa shape index (κ1) is 18.6. The molecule has 8 heteroatoms. The third-order valence-electron chi connectivity index (χ3n) is 5.48. The molecule has 1 saturated heterocycles. The summed E-state index contributed by atoms with van der Waals surface area (Å²) in [5.74, 6) is 0.614. The van der Waals surface area contributed by atoms with E-state index in [4.69, 9.17) is 4.52 Å². The molecule has 2 amide bonds. The van der Waals surface area contributed by atoms with E-state index in [-0.39, 0.29) is 17.9 Å². The summed E-state index contributed by atoms with van der Waals surface area (Å²) in [4.78, 5) is 35.4. The van der Waals surface area contributed by atoms with E-state index in [1.807, 2.05) is 35.0 Å². The van der Waals surface area contributed by atoms with E-state index in [9.17, 15) is 9.59 Å². The number of carbonyl (C=O) groups excluding carboxylic acids is 2. The van der Waals surface area contributed by atoms with E-state index in [2.05, 4.69) is 10.1 Å². The lowest BCUT2D eigenvalue weighted by Crippen LogP contribution is -2.40. The molecule has 0 bridgehead atoms. The summed E-state index contributed by atoms with van der Waals surface area (Å²) >= 11 is 0. The maximum Gasteiger partial charge on any atom is 0.259 e. The van der Waals surface area contributed by atoms with Crippen LogP contribution in [0.15, 0.2) is 28.9 Å². The van der Waals surface area contributed by atoms with Crippen molar-refractivity contribution in [3.05, 3.63) is 47.1 Å². The highest BCUT2D eigenvalue weighted by Crippen LogP contribution is 2.36. The van der Waals surface area contributed by atoms with Gasteiger partial charge in [-0.05, 0) is 32.0 Å². The number of carbonyl (C=O) groups is 2. The number of likely N-dealkylation sites (N-methyl/N-ethyl adjacent to an activating group) is 2. The largest absolute Gasteiger partial charge is 0.360 e. The zero-order valence-electron chi connectivity index (χ0n) is 16.3. The van der Waals surface area contributed by atoms with Crippen molar-refractivity contribution >= 4 is 11.8 Å². The van der Waals surface area contributed by atoms with Gasteiger partial charge in [0.25, 0.3) is 5.91 Å². The highest BCUT2D eigenvalue weighted by Gasteiger charge is 2.39. The number of rotatable bonds is 5. The molecule has 0 spiro atoms. The molecule has 4 heterocycles. The first-order chi connectivity index (χ1) is 13.5. The zero-order valence-corrected chi connectivity index (χ0v) is 16.3. The normalized spacial score (nSPS) is 19.4. The minimum Gasteiger partial charge on any atom is -0.360 e. The van der Waals surface area contributed by atoms with Crippen molar-refractivity contribution in [2.45, 2.75) is 31.8 Å². The van der Waals surface area contributed by atoms with Crippen LogP contribution in [0.2, 0.25) is 0 Å². The minimum absolute atomic E-state index is 0.0364. The molecule has 148 valence electrons. The molecule has 1 atom stereocenters. The lowest BCUT2D eigenvalue weighted by Gasteiger charge is -2.27. The number of hydrogen-bond donors (Lipinski definition) is 0. The molecule has 0 radical (unpaired) electrons. The van der Waals surface area contributed by atoms with Crippen LogP contribution < -0.4 is 0 Å². The average molecular weight is 383 g/mol. The minimum atomic E-state index is -0.196. The van der Waals surface area contributed by atoms with Gasteiger partial charge in [0, 0.05) is 39.3 Å². The maximum absolute atomic E-state index is 13.0. The Hall–Kier alpha value is -2.74. The van der Waals surface area contributed by atoms with E-state index < -0.39 is 0 Å². The van der Waals surface area contributed by atoms with Crippen molar-refractivity contribution in [2.75, 3.05) is 33.7 Å². The number of pyridine rings is 1. The third-order valence-corrected chi connectivity index (χ3v) is 5.48. The van der Waals surface area contributed by atoms with Crippen LogP contribution in [0.1, 0.15) is 46.4 Å². The number of hydrogen-bond acceptors (Lipinski definition) is 6. The number of likely N-dealkylation sites (tertiary alicyclic amines) is 1. The van der Waals surface area contributed by atoms with Crippen molar-refractivity contribution in [3.63, 3.8) is 0 Å². The molecular formula is C20H25N5O3. The predicted molar refractivity (Wildman–Crippen MR) is 101 cm³/mol. The summed E-state index contributed by atoms with van der Waals surface area (Å²) in [6, 6.07) is 5.57. The van der Waals surface area contributed by atoms with Gasteiger partial charge in [-0.25, -0.2) is 0 Å². The molecule has 0 aliphatic carbocycles. The number of aromatic nitrogens is 2. The number of amides is 2. The Morgan fingerprint density at radius 1 is 1.36 bits per heavy atom. The van der Waals surface area contributed by atoms with Crippen molar-refractivity contribution in [2.24, 2.45) is 0 Å². The van der Waals surface area contributed by atoms with Crippen molar-refractivity contribution in [1.82, 2.24) is 24.8 Å². The molecule has 28 heavy (non-hydrogen) atoms. The van der Waals surface area contributed by atoms with E-state index in [0.29, 0.717) is 49.6 Å². The molecule has 1 unspecified atom stereocenters. The van der Waals surface area contributed by atoms with Gasteiger partial charge in [0.05, 0.1) is 18.3 Å². The monoisotopic (exact) mass is 383 g/mol. The number of fused-ring (bicyclic) bond motifs is 1. The Morgan fingerprint density at radius 3 is 3.00 bits per heavy atom.